The van der Waals surface area contributed by atoms with E-state index >= 15 is 0 Å². The third-order valence-electron chi connectivity index (χ3n) is 4.36. The van der Waals surface area contributed by atoms with E-state index in [2.05, 4.69) is 22.1 Å². The number of pyridine rings is 1. The molecule has 0 bridgehead atoms. The molecule has 2 heterocycles. The van der Waals surface area contributed by atoms with E-state index < -0.39 is 0 Å². The van der Waals surface area contributed by atoms with Crippen LogP contribution < -0.4 is 10.2 Å². The minimum absolute atomic E-state index is 0.146. The molecule has 0 atom stereocenters. The Morgan fingerprint density at radius 3 is 2.74 bits per heavy atom. The number of ether oxygens (including phenoxy) is 1. The predicted molar refractivity (Wildman–Crippen MR) is 105 cm³/mol. The lowest BCUT2D eigenvalue weighted by molar-refractivity contribution is -0.117. The van der Waals surface area contributed by atoms with Gasteiger partial charge in [-0.2, -0.15) is 5.26 Å². The number of carbonyl (C=O) groups is 1. The fraction of sp³-hybridized carbons (Fsp3) is 0.550. The zero-order valence-corrected chi connectivity index (χ0v) is 16.1. The summed E-state index contributed by atoms with van der Waals surface area (Å²) < 4.78 is 5.46. The average Bonchev–Trinajstić information content (AvgIpc) is 2.72. The molecule has 1 aliphatic heterocycles. The summed E-state index contributed by atoms with van der Waals surface area (Å²) in [6.45, 7) is 7.14. The van der Waals surface area contributed by atoms with E-state index in [9.17, 15) is 10.1 Å². The Bertz CT molecular complexity index is 634. The second kappa shape index (κ2) is 11.9. The molecule has 1 N–H and O–H groups in total. The van der Waals surface area contributed by atoms with Crippen LogP contribution >= 0.6 is 0 Å². The summed E-state index contributed by atoms with van der Waals surface area (Å²) in [6.07, 6.45) is 6.37. The van der Waals surface area contributed by atoms with E-state index in [1.165, 1.54) is 0 Å². The van der Waals surface area contributed by atoms with Crippen LogP contribution in [0.3, 0.4) is 0 Å². The van der Waals surface area contributed by atoms with Gasteiger partial charge in [0.2, 0.25) is 0 Å². The number of hydrogen-bond donors (Lipinski definition) is 1. The van der Waals surface area contributed by atoms with Crippen molar-refractivity contribution in [3.63, 3.8) is 0 Å². The monoisotopic (exact) mass is 371 g/mol. The fourth-order valence-corrected chi connectivity index (χ4v) is 2.76. The summed E-state index contributed by atoms with van der Waals surface area (Å²) >= 11 is 0. The summed E-state index contributed by atoms with van der Waals surface area (Å²) in [5, 5.41) is 12.1. The first-order valence-corrected chi connectivity index (χ1v) is 9.62. The Balaban J connectivity index is 1.72. The molecule has 146 valence electrons. The maximum atomic E-state index is 12.2. The quantitative estimate of drug-likeness (QED) is 0.384. The first-order valence-electron chi connectivity index (χ1n) is 9.62. The Hall–Kier alpha value is -2.59. The predicted octanol–water partition coefficient (Wildman–Crippen LogP) is 1.93. The van der Waals surface area contributed by atoms with Crippen molar-refractivity contribution in [1.29, 1.82) is 5.26 Å². The van der Waals surface area contributed by atoms with E-state index in [-0.39, 0.29) is 11.5 Å². The topological polar surface area (TPSA) is 81.5 Å². The van der Waals surface area contributed by atoms with Gasteiger partial charge < -0.3 is 19.9 Å². The number of anilines is 1. The summed E-state index contributed by atoms with van der Waals surface area (Å²) in [7, 11) is 0. The molecule has 1 aromatic rings. The van der Waals surface area contributed by atoms with Gasteiger partial charge in [-0.05, 0) is 25.0 Å². The molecule has 0 aliphatic carbocycles. The lowest BCUT2D eigenvalue weighted by Crippen LogP contribution is -2.44. The van der Waals surface area contributed by atoms with Crippen molar-refractivity contribution >= 4 is 11.7 Å². The number of carbonyl (C=O) groups excluding carboxylic acids is 1. The summed E-state index contributed by atoms with van der Waals surface area (Å²) in [5.41, 5.74) is 0.146. The molecule has 1 fully saturated rings. The Morgan fingerprint density at radius 2 is 2.07 bits per heavy atom. The van der Waals surface area contributed by atoms with Crippen molar-refractivity contribution in [3.05, 3.63) is 36.2 Å². The van der Waals surface area contributed by atoms with Crippen molar-refractivity contribution < 1.29 is 9.53 Å². The van der Waals surface area contributed by atoms with Crippen molar-refractivity contribution in [2.24, 2.45) is 0 Å². The number of piperazine rings is 1. The normalized spacial score (nSPS) is 14.7. The van der Waals surface area contributed by atoms with Gasteiger partial charge in [0, 0.05) is 58.3 Å². The number of hydrogen-bond acceptors (Lipinski definition) is 6. The molecule has 27 heavy (non-hydrogen) atoms. The van der Waals surface area contributed by atoms with E-state index in [4.69, 9.17) is 4.74 Å². The zero-order valence-electron chi connectivity index (χ0n) is 16.1. The van der Waals surface area contributed by atoms with E-state index in [0.717, 1.165) is 57.9 Å². The van der Waals surface area contributed by atoms with Crippen LogP contribution in [-0.4, -0.2) is 61.7 Å². The Labute approximate surface area is 161 Å². The number of nitrogens with zero attached hydrogens (tertiary/aromatic N) is 4. The van der Waals surface area contributed by atoms with Gasteiger partial charge in [0.1, 0.15) is 17.5 Å². The SMILES string of the molecule is CCCCOCCCNC(=O)/C(C#N)=C\N1CCN(c2ccccn2)CC1. The molecular weight excluding hydrogens is 342 g/mol. The van der Waals surface area contributed by atoms with Gasteiger partial charge in [-0.15, -0.1) is 0 Å². The highest BCUT2D eigenvalue weighted by atomic mass is 16.5. The van der Waals surface area contributed by atoms with Crippen LogP contribution in [0.5, 0.6) is 0 Å². The number of aromatic nitrogens is 1. The molecule has 0 radical (unpaired) electrons. The van der Waals surface area contributed by atoms with Crippen LogP contribution in [0.2, 0.25) is 0 Å². The highest BCUT2D eigenvalue weighted by Crippen LogP contribution is 2.13. The number of amides is 1. The summed E-state index contributed by atoms with van der Waals surface area (Å²) in [5.74, 6) is 0.638. The number of nitrogens with one attached hydrogen (secondary N) is 1. The highest BCUT2D eigenvalue weighted by molar-refractivity contribution is 5.97. The Kier molecular flexibility index (Phi) is 9.14. The first kappa shape index (κ1) is 20.7. The second-order valence-electron chi connectivity index (χ2n) is 6.44. The molecule has 1 aliphatic rings. The van der Waals surface area contributed by atoms with E-state index in [1.807, 2.05) is 29.2 Å². The molecule has 0 saturated carbocycles. The summed E-state index contributed by atoms with van der Waals surface area (Å²) in [6, 6.07) is 7.88. The van der Waals surface area contributed by atoms with Crippen LogP contribution in [0.4, 0.5) is 5.82 Å². The number of rotatable bonds is 10. The molecule has 7 heteroatoms. The third-order valence-corrected chi connectivity index (χ3v) is 4.36. The highest BCUT2D eigenvalue weighted by Gasteiger charge is 2.18. The first-order chi connectivity index (χ1) is 13.2. The summed E-state index contributed by atoms with van der Waals surface area (Å²) in [4.78, 5) is 20.8. The maximum absolute atomic E-state index is 12.2. The van der Waals surface area contributed by atoms with Gasteiger partial charge in [0.05, 0.1) is 0 Å². The molecule has 0 unspecified atom stereocenters. The number of nitriles is 1. The van der Waals surface area contributed by atoms with Gasteiger partial charge in [0.15, 0.2) is 0 Å². The molecule has 7 nitrogen and oxygen atoms in total. The lowest BCUT2D eigenvalue weighted by Gasteiger charge is -2.34. The fourth-order valence-electron chi connectivity index (χ4n) is 2.76. The largest absolute Gasteiger partial charge is 0.381 e. The van der Waals surface area contributed by atoms with E-state index in [1.54, 1.807) is 12.4 Å². The molecule has 0 spiro atoms. The van der Waals surface area contributed by atoms with Crippen molar-refractivity contribution in [1.82, 2.24) is 15.2 Å². The van der Waals surface area contributed by atoms with Crippen LogP contribution in [0.1, 0.15) is 26.2 Å². The van der Waals surface area contributed by atoms with Crippen molar-refractivity contribution in [2.45, 2.75) is 26.2 Å². The molecular formula is C20H29N5O2. The molecule has 1 amide bonds. The van der Waals surface area contributed by atoms with Crippen LogP contribution in [0, 0.1) is 11.3 Å². The zero-order chi connectivity index (χ0) is 19.3. The van der Waals surface area contributed by atoms with Gasteiger partial charge in [-0.1, -0.05) is 19.4 Å². The van der Waals surface area contributed by atoms with Crippen molar-refractivity contribution in [2.75, 3.05) is 50.8 Å². The minimum Gasteiger partial charge on any atom is -0.381 e. The molecule has 0 aromatic carbocycles. The van der Waals surface area contributed by atoms with Gasteiger partial charge >= 0.3 is 0 Å². The maximum Gasteiger partial charge on any atom is 0.263 e. The van der Waals surface area contributed by atoms with Gasteiger partial charge in [-0.25, -0.2) is 4.98 Å². The lowest BCUT2D eigenvalue weighted by atomic mass is 10.2. The standard InChI is InChI=1S/C20H29N5O2/c1-2-3-14-27-15-6-9-23-20(26)18(16-21)17-24-10-12-25(13-11-24)19-7-4-5-8-22-19/h4-5,7-8,17H,2-3,6,9-15H2,1H3,(H,23,26)/b18-17-. The van der Waals surface area contributed by atoms with Gasteiger partial charge in [0.25, 0.3) is 5.91 Å². The van der Waals surface area contributed by atoms with Crippen LogP contribution in [0.25, 0.3) is 0 Å². The minimum atomic E-state index is -0.321. The Morgan fingerprint density at radius 1 is 1.30 bits per heavy atom. The van der Waals surface area contributed by atoms with Gasteiger partial charge in [-0.3, -0.25) is 4.79 Å². The molecule has 1 saturated heterocycles. The third kappa shape index (κ3) is 7.27. The smallest absolute Gasteiger partial charge is 0.263 e. The van der Waals surface area contributed by atoms with Crippen molar-refractivity contribution in [3.8, 4) is 6.07 Å². The van der Waals surface area contributed by atoms with Crippen LogP contribution in [0.15, 0.2) is 36.2 Å². The number of unbranched alkanes of at least 4 members (excludes halogenated alkanes) is 1. The molecule has 2 rings (SSSR count). The van der Waals surface area contributed by atoms with E-state index in [0.29, 0.717) is 13.2 Å². The average molecular weight is 371 g/mol. The van der Waals surface area contributed by atoms with Crippen LogP contribution in [-0.2, 0) is 9.53 Å². The molecule has 1 aromatic heterocycles. The second-order valence-corrected chi connectivity index (χ2v) is 6.44.